The van der Waals surface area contributed by atoms with Crippen molar-refractivity contribution in [1.29, 1.82) is 0 Å². The number of halogens is 1. The Kier molecular flexibility index (Phi) is 5.63. The zero-order chi connectivity index (χ0) is 18.5. The Hall–Kier alpha value is -2.73. The average Bonchev–Trinajstić information content (AvgIpc) is 2.65. The molecule has 1 saturated heterocycles. The fourth-order valence-electron chi connectivity index (χ4n) is 2.85. The number of benzene rings is 2. The van der Waals surface area contributed by atoms with E-state index in [1.54, 1.807) is 29.2 Å². The van der Waals surface area contributed by atoms with Crippen molar-refractivity contribution in [1.82, 2.24) is 0 Å². The number of rotatable bonds is 5. The highest BCUT2D eigenvalue weighted by atomic mass is 19.1. The van der Waals surface area contributed by atoms with E-state index in [0.29, 0.717) is 25.3 Å². The third-order valence-corrected chi connectivity index (χ3v) is 4.34. The van der Waals surface area contributed by atoms with Crippen molar-refractivity contribution in [3.05, 3.63) is 59.9 Å². The van der Waals surface area contributed by atoms with E-state index >= 15 is 0 Å². The van der Waals surface area contributed by atoms with Crippen LogP contribution in [0.2, 0.25) is 0 Å². The second-order valence-corrected chi connectivity index (χ2v) is 6.37. The molecule has 1 atom stereocenters. The Bertz CT molecular complexity index is 775. The van der Waals surface area contributed by atoms with E-state index in [1.165, 1.54) is 12.1 Å². The molecule has 0 aromatic heterocycles. The summed E-state index contributed by atoms with van der Waals surface area (Å²) < 4.78 is 18.1. The Morgan fingerprint density at radius 2 is 1.88 bits per heavy atom. The van der Waals surface area contributed by atoms with Gasteiger partial charge in [-0.1, -0.05) is 19.1 Å². The lowest BCUT2D eigenvalue weighted by molar-refractivity contribution is -0.125. The summed E-state index contributed by atoms with van der Waals surface area (Å²) in [6.45, 7) is 2.98. The van der Waals surface area contributed by atoms with Crippen LogP contribution in [0.25, 0.3) is 0 Å². The molecule has 3 rings (SSSR count). The summed E-state index contributed by atoms with van der Waals surface area (Å²) >= 11 is 0. The molecule has 2 aromatic carbocycles. The van der Waals surface area contributed by atoms with E-state index in [2.05, 4.69) is 5.32 Å². The van der Waals surface area contributed by atoms with Crippen LogP contribution in [0, 0.1) is 11.7 Å². The number of morpholine rings is 1. The van der Waals surface area contributed by atoms with Crippen molar-refractivity contribution in [3.8, 4) is 0 Å². The number of carbonyl (C=O) groups is 2. The van der Waals surface area contributed by atoms with Gasteiger partial charge in [0.2, 0.25) is 5.91 Å². The summed E-state index contributed by atoms with van der Waals surface area (Å²) in [5, 5.41) is 2.87. The Morgan fingerprint density at radius 3 is 2.54 bits per heavy atom. The molecule has 1 heterocycles. The highest BCUT2D eigenvalue weighted by Crippen LogP contribution is 2.20. The molecule has 5 nitrogen and oxygen atoms in total. The van der Waals surface area contributed by atoms with E-state index in [-0.39, 0.29) is 30.2 Å². The van der Waals surface area contributed by atoms with Crippen molar-refractivity contribution < 1.29 is 18.7 Å². The standard InChI is InChI=1S/C20H21FN2O3/c1-14(12-15-2-4-16(21)5-3-15)20(25)22-17-6-8-18(9-7-17)23-10-11-26-13-19(23)24/h2-9,14H,10-13H2,1H3,(H,22,25). The van der Waals surface area contributed by atoms with Gasteiger partial charge in [-0.3, -0.25) is 9.59 Å². The molecule has 0 bridgehead atoms. The average molecular weight is 356 g/mol. The molecule has 0 aliphatic carbocycles. The number of hydrogen-bond acceptors (Lipinski definition) is 3. The fourth-order valence-corrected chi connectivity index (χ4v) is 2.85. The first kappa shape index (κ1) is 18.1. The first-order valence-corrected chi connectivity index (χ1v) is 8.56. The molecule has 0 radical (unpaired) electrons. The third kappa shape index (κ3) is 4.46. The van der Waals surface area contributed by atoms with Crippen LogP contribution in [0.3, 0.4) is 0 Å². The SMILES string of the molecule is CC(Cc1ccc(F)cc1)C(=O)Nc1ccc(N2CCOCC2=O)cc1. The maximum atomic E-state index is 13.0. The predicted octanol–water partition coefficient (Wildman–Crippen LogP) is 3.01. The quantitative estimate of drug-likeness (QED) is 0.896. The van der Waals surface area contributed by atoms with Crippen molar-refractivity contribution >= 4 is 23.2 Å². The predicted molar refractivity (Wildman–Crippen MR) is 97.5 cm³/mol. The van der Waals surface area contributed by atoms with Gasteiger partial charge in [0.05, 0.1) is 6.61 Å². The van der Waals surface area contributed by atoms with Gasteiger partial charge in [-0.25, -0.2) is 4.39 Å². The first-order valence-electron chi connectivity index (χ1n) is 8.56. The highest BCUT2D eigenvalue weighted by molar-refractivity contribution is 5.96. The number of carbonyl (C=O) groups excluding carboxylic acids is 2. The van der Waals surface area contributed by atoms with Crippen LogP contribution >= 0.6 is 0 Å². The lowest BCUT2D eigenvalue weighted by Gasteiger charge is -2.27. The minimum Gasteiger partial charge on any atom is -0.370 e. The zero-order valence-electron chi connectivity index (χ0n) is 14.6. The molecule has 1 aliphatic heterocycles. The summed E-state index contributed by atoms with van der Waals surface area (Å²) in [5.41, 5.74) is 2.37. The van der Waals surface area contributed by atoms with Crippen molar-refractivity contribution in [2.75, 3.05) is 30.0 Å². The van der Waals surface area contributed by atoms with Gasteiger partial charge in [0.15, 0.2) is 0 Å². The molecule has 1 aliphatic rings. The topological polar surface area (TPSA) is 58.6 Å². The normalized spacial score (nSPS) is 15.6. The Morgan fingerprint density at radius 1 is 1.19 bits per heavy atom. The number of ether oxygens (including phenoxy) is 1. The van der Waals surface area contributed by atoms with Gasteiger partial charge >= 0.3 is 0 Å². The summed E-state index contributed by atoms with van der Waals surface area (Å²) in [5.74, 6) is -0.712. The lowest BCUT2D eigenvalue weighted by atomic mass is 10.0. The van der Waals surface area contributed by atoms with Crippen LogP contribution < -0.4 is 10.2 Å². The van der Waals surface area contributed by atoms with E-state index in [1.807, 2.05) is 19.1 Å². The molecule has 1 fully saturated rings. The van der Waals surface area contributed by atoms with Crippen LogP contribution in [-0.4, -0.2) is 31.6 Å². The first-order chi connectivity index (χ1) is 12.5. The van der Waals surface area contributed by atoms with Crippen LogP contribution in [0.4, 0.5) is 15.8 Å². The molecule has 0 spiro atoms. The summed E-state index contributed by atoms with van der Waals surface area (Å²) in [7, 11) is 0. The number of hydrogen-bond donors (Lipinski definition) is 1. The molecule has 6 heteroatoms. The maximum absolute atomic E-state index is 13.0. The van der Waals surface area contributed by atoms with Gasteiger partial charge in [-0.2, -0.15) is 0 Å². The minimum absolute atomic E-state index is 0.0686. The molecular weight excluding hydrogens is 335 g/mol. The largest absolute Gasteiger partial charge is 0.370 e. The van der Waals surface area contributed by atoms with E-state index in [0.717, 1.165) is 11.3 Å². The summed E-state index contributed by atoms with van der Waals surface area (Å²) in [6.07, 6.45) is 0.534. The van der Waals surface area contributed by atoms with E-state index in [9.17, 15) is 14.0 Å². The molecule has 1 unspecified atom stereocenters. The van der Waals surface area contributed by atoms with Crippen LogP contribution in [-0.2, 0) is 20.7 Å². The Balaban J connectivity index is 1.58. The Labute approximate surface area is 151 Å². The molecule has 1 N–H and O–H groups in total. The molecule has 136 valence electrons. The second-order valence-electron chi connectivity index (χ2n) is 6.37. The monoisotopic (exact) mass is 356 g/mol. The number of nitrogens with one attached hydrogen (secondary N) is 1. The van der Waals surface area contributed by atoms with Gasteiger partial charge in [-0.15, -0.1) is 0 Å². The number of anilines is 2. The van der Waals surface area contributed by atoms with E-state index in [4.69, 9.17) is 4.74 Å². The maximum Gasteiger partial charge on any atom is 0.253 e. The molecule has 2 aromatic rings. The molecule has 26 heavy (non-hydrogen) atoms. The molecule has 2 amide bonds. The number of nitrogens with zero attached hydrogens (tertiary/aromatic N) is 1. The van der Waals surface area contributed by atoms with E-state index < -0.39 is 0 Å². The summed E-state index contributed by atoms with van der Waals surface area (Å²) in [4.78, 5) is 25.9. The zero-order valence-corrected chi connectivity index (χ0v) is 14.6. The molecule has 0 saturated carbocycles. The third-order valence-electron chi connectivity index (χ3n) is 4.34. The smallest absolute Gasteiger partial charge is 0.253 e. The number of amides is 2. The fraction of sp³-hybridized carbons (Fsp3) is 0.300. The molecular formula is C20H21FN2O3. The van der Waals surface area contributed by atoms with Crippen molar-refractivity contribution in [2.24, 2.45) is 5.92 Å². The van der Waals surface area contributed by atoms with Gasteiger partial charge < -0.3 is 15.0 Å². The lowest BCUT2D eigenvalue weighted by Crippen LogP contribution is -2.41. The van der Waals surface area contributed by atoms with Gasteiger partial charge in [0, 0.05) is 23.8 Å². The van der Waals surface area contributed by atoms with Gasteiger partial charge in [-0.05, 0) is 48.4 Å². The van der Waals surface area contributed by atoms with Crippen LogP contribution in [0.1, 0.15) is 12.5 Å². The van der Waals surface area contributed by atoms with Gasteiger partial charge in [0.25, 0.3) is 5.91 Å². The van der Waals surface area contributed by atoms with Gasteiger partial charge in [0.1, 0.15) is 12.4 Å². The van der Waals surface area contributed by atoms with Crippen molar-refractivity contribution in [2.45, 2.75) is 13.3 Å². The van der Waals surface area contributed by atoms with Crippen LogP contribution in [0.5, 0.6) is 0 Å². The second kappa shape index (κ2) is 8.10. The van der Waals surface area contributed by atoms with Crippen molar-refractivity contribution in [3.63, 3.8) is 0 Å². The highest BCUT2D eigenvalue weighted by Gasteiger charge is 2.20. The minimum atomic E-state index is -0.287. The van der Waals surface area contributed by atoms with Crippen LogP contribution in [0.15, 0.2) is 48.5 Å². The summed E-state index contributed by atoms with van der Waals surface area (Å²) in [6, 6.07) is 13.3.